The lowest BCUT2D eigenvalue weighted by Crippen LogP contribution is -2.39. The highest BCUT2D eigenvalue weighted by molar-refractivity contribution is 5.98. The number of carbonyl (C=O) groups excluding carboxylic acids is 2. The summed E-state index contributed by atoms with van der Waals surface area (Å²) in [5.41, 5.74) is 3.34. The molecule has 0 bridgehead atoms. The molecule has 1 N–H and O–H groups in total. The number of fused-ring (bicyclic) bond motifs is 1. The minimum Gasteiger partial charge on any atom is -0.327 e. The maximum Gasteiger partial charge on any atom is 0.294 e. The molecule has 3 aromatic rings. The summed E-state index contributed by atoms with van der Waals surface area (Å²) in [7, 11) is 0. The number of para-hydroxylation sites is 1. The van der Waals surface area contributed by atoms with Crippen molar-refractivity contribution in [3.8, 4) is 0 Å². The quantitative estimate of drug-likeness (QED) is 0.709. The number of benzene rings is 1. The van der Waals surface area contributed by atoms with Crippen LogP contribution in [-0.2, 0) is 4.79 Å². The molecule has 0 fully saturated rings. The van der Waals surface area contributed by atoms with Gasteiger partial charge in [0.25, 0.3) is 11.7 Å². The third-order valence-electron chi connectivity index (χ3n) is 4.34. The van der Waals surface area contributed by atoms with E-state index in [0.717, 1.165) is 22.6 Å². The number of amides is 2. The Morgan fingerprint density at radius 2 is 1.89 bits per heavy atom. The summed E-state index contributed by atoms with van der Waals surface area (Å²) in [5.74, 6) is -0.227. The number of rotatable bonds is 6. The zero-order valence-corrected chi connectivity index (χ0v) is 16.6. The van der Waals surface area contributed by atoms with Crippen LogP contribution in [0.2, 0.25) is 0 Å². The Hall–Kier alpha value is -3.29. The summed E-state index contributed by atoms with van der Waals surface area (Å²) in [6.07, 6.45) is 0.715. The van der Waals surface area contributed by atoms with Crippen molar-refractivity contribution in [2.75, 3.05) is 18.4 Å². The lowest BCUT2D eigenvalue weighted by Gasteiger charge is -2.20. The zero-order valence-electron chi connectivity index (χ0n) is 16.6. The molecule has 2 heterocycles. The molecule has 0 aliphatic rings. The van der Waals surface area contributed by atoms with Crippen LogP contribution in [0.25, 0.3) is 5.78 Å². The number of aromatic nitrogens is 4. The molecule has 0 saturated carbocycles. The summed E-state index contributed by atoms with van der Waals surface area (Å²) in [4.78, 5) is 35.5. The van der Waals surface area contributed by atoms with Crippen molar-refractivity contribution in [1.29, 1.82) is 0 Å². The first-order valence-electron chi connectivity index (χ1n) is 9.24. The number of hydrogen-bond acceptors (Lipinski definition) is 5. The molecule has 1 aromatic carbocycles. The van der Waals surface area contributed by atoms with Crippen LogP contribution in [0, 0.1) is 20.8 Å². The Balaban J connectivity index is 1.79. The van der Waals surface area contributed by atoms with Gasteiger partial charge in [-0.25, -0.2) is 9.50 Å². The van der Waals surface area contributed by atoms with Gasteiger partial charge in [0.15, 0.2) is 0 Å². The molecule has 0 saturated heterocycles. The third-order valence-corrected chi connectivity index (χ3v) is 4.34. The van der Waals surface area contributed by atoms with Crippen LogP contribution < -0.4 is 5.32 Å². The van der Waals surface area contributed by atoms with Crippen molar-refractivity contribution in [3.63, 3.8) is 0 Å². The number of hydrogen-bond donors (Lipinski definition) is 1. The molecule has 0 spiro atoms. The highest BCUT2D eigenvalue weighted by Crippen LogP contribution is 2.13. The molecular formula is C20H24N6O2. The summed E-state index contributed by atoms with van der Waals surface area (Å²) in [5, 5.41) is 7.14. The van der Waals surface area contributed by atoms with E-state index in [1.165, 1.54) is 9.42 Å². The van der Waals surface area contributed by atoms with Gasteiger partial charge in [-0.2, -0.15) is 4.98 Å². The minimum atomic E-state index is -0.385. The number of aryl methyl sites for hydroxylation is 3. The van der Waals surface area contributed by atoms with Crippen LogP contribution in [0.1, 0.15) is 40.9 Å². The second-order valence-corrected chi connectivity index (χ2v) is 6.78. The average molecular weight is 380 g/mol. The van der Waals surface area contributed by atoms with Crippen molar-refractivity contribution in [1.82, 2.24) is 24.5 Å². The van der Waals surface area contributed by atoms with Crippen LogP contribution in [0.15, 0.2) is 30.3 Å². The first-order valence-corrected chi connectivity index (χ1v) is 9.24. The smallest absolute Gasteiger partial charge is 0.294 e. The van der Waals surface area contributed by atoms with Gasteiger partial charge in [0.1, 0.15) is 6.54 Å². The fraction of sp³-hybridized carbons (Fsp3) is 0.350. The van der Waals surface area contributed by atoms with Crippen LogP contribution in [0.4, 0.5) is 5.69 Å². The van der Waals surface area contributed by atoms with E-state index in [2.05, 4.69) is 20.4 Å². The Morgan fingerprint density at radius 1 is 1.14 bits per heavy atom. The number of nitrogens with zero attached hydrogens (tertiary/aromatic N) is 5. The zero-order chi connectivity index (χ0) is 20.3. The molecule has 8 nitrogen and oxygen atoms in total. The molecule has 0 atom stereocenters. The lowest BCUT2D eigenvalue weighted by atomic mass is 10.2. The first kappa shape index (κ1) is 19.5. The molecule has 2 aromatic heterocycles. The van der Waals surface area contributed by atoms with Gasteiger partial charge < -0.3 is 10.2 Å². The Labute approximate surface area is 163 Å². The van der Waals surface area contributed by atoms with Crippen LogP contribution in [-0.4, -0.2) is 49.4 Å². The maximum atomic E-state index is 12.9. The maximum absolute atomic E-state index is 12.9. The molecular weight excluding hydrogens is 356 g/mol. The second-order valence-electron chi connectivity index (χ2n) is 6.78. The SMILES string of the molecule is CCCN(CC(=O)Nc1ccccc1C)C(=O)c1nc2nc(C)cc(C)n2n1. The number of carbonyl (C=O) groups is 2. The van der Waals surface area contributed by atoms with Crippen LogP contribution in [0.5, 0.6) is 0 Å². The monoisotopic (exact) mass is 380 g/mol. The summed E-state index contributed by atoms with van der Waals surface area (Å²) in [6.45, 7) is 7.98. The van der Waals surface area contributed by atoms with Gasteiger partial charge in [0.05, 0.1) is 0 Å². The van der Waals surface area contributed by atoms with Gasteiger partial charge in [0, 0.05) is 23.6 Å². The van der Waals surface area contributed by atoms with Gasteiger partial charge in [-0.3, -0.25) is 9.59 Å². The Bertz CT molecular complexity index is 1030. The van der Waals surface area contributed by atoms with Gasteiger partial charge >= 0.3 is 0 Å². The van der Waals surface area contributed by atoms with Gasteiger partial charge in [-0.05, 0) is 44.9 Å². The van der Waals surface area contributed by atoms with Crippen LogP contribution >= 0.6 is 0 Å². The molecule has 146 valence electrons. The van der Waals surface area contributed by atoms with E-state index >= 15 is 0 Å². The van der Waals surface area contributed by atoms with E-state index < -0.39 is 0 Å². The molecule has 0 aliphatic carbocycles. The van der Waals surface area contributed by atoms with Crippen molar-refractivity contribution in [2.45, 2.75) is 34.1 Å². The second kappa shape index (κ2) is 8.16. The first-order chi connectivity index (χ1) is 13.4. The predicted octanol–water partition coefficient (Wildman–Crippen LogP) is 2.54. The summed E-state index contributed by atoms with van der Waals surface area (Å²) < 4.78 is 1.54. The lowest BCUT2D eigenvalue weighted by molar-refractivity contribution is -0.116. The van der Waals surface area contributed by atoms with E-state index in [4.69, 9.17) is 0 Å². The number of anilines is 1. The topological polar surface area (TPSA) is 92.5 Å². The predicted molar refractivity (Wildman–Crippen MR) is 106 cm³/mol. The van der Waals surface area contributed by atoms with Gasteiger partial charge in [0.2, 0.25) is 11.7 Å². The van der Waals surface area contributed by atoms with Gasteiger partial charge in [-0.1, -0.05) is 25.1 Å². The molecule has 0 unspecified atom stereocenters. The Morgan fingerprint density at radius 3 is 2.61 bits per heavy atom. The average Bonchev–Trinajstić information content (AvgIpc) is 3.07. The fourth-order valence-electron chi connectivity index (χ4n) is 3.00. The molecule has 3 rings (SSSR count). The van der Waals surface area contributed by atoms with Crippen molar-refractivity contribution in [3.05, 3.63) is 53.1 Å². The normalized spacial score (nSPS) is 10.9. The van der Waals surface area contributed by atoms with Crippen LogP contribution in [0.3, 0.4) is 0 Å². The highest BCUT2D eigenvalue weighted by Gasteiger charge is 2.23. The fourth-order valence-corrected chi connectivity index (χ4v) is 3.00. The third kappa shape index (κ3) is 4.16. The van der Waals surface area contributed by atoms with Crippen molar-refractivity contribution < 1.29 is 9.59 Å². The van der Waals surface area contributed by atoms with E-state index in [0.29, 0.717) is 18.7 Å². The molecule has 0 aliphatic heterocycles. The van der Waals surface area contributed by atoms with Crippen molar-refractivity contribution in [2.24, 2.45) is 0 Å². The van der Waals surface area contributed by atoms with Crippen molar-refractivity contribution >= 4 is 23.3 Å². The molecule has 0 radical (unpaired) electrons. The molecule has 2 amide bonds. The largest absolute Gasteiger partial charge is 0.327 e. The minimum absolute atomic E-state index is 0.0401. The van der Waals surface area contributed by atoms with E-state index in [-0.39, 0.29) is 24.2 Å². The van der Waals surface area contributed by atoms with E-state index in [1.807, 2.05) is 58.0 Å². The molecule has 8 heteroatoms. The summed E-state index contributed by atoms with van der Waals surface area (Å²) in [6, 6.07) is 9.39. The number of nitrogens with one attached hydrogen (secondary N) is 1. The summed E-state index contributed by atoms with van der Waals surface area (Å²) >= 11 is 0. The standard InChI is InChI=1S/C20H24N6O2/c1-5-10-25(12-17(27)22-16-9-7-6-8-13(16)2)19(28)18-23-20-21-14(3)11-15(4)26(20)24-18/h6-9,11H,5,10,12H2,1-4H3,(H,22,27). The Kier molecular flexibility index (Phi) is 5.67. The van der Waals surface area contributed by atoms with Gasteiger partial charge in [-0.15, -0.1) is 5.10 Å². The van der Waals surface area contributed by atoms with E-state index in [9.17, 15) is 9.59 Å². The molecule has 28 heavy (non-hydrogen) atoms. The highest BCUT2D eigenvalue weighted by atomic mass is 16.2. The van der Waals surface area contributed by atoms with E-state index in [1.54, 1.807) is 0 Å².